The number of amidine groups is 2. The van der Waals surface area contributed by atoms with Crippen molar-refractivity contribution < 1.29 is 5.11 Å². The molecule has 8 nitrogen and oxygen atoms in total. The van der Waals surface area contributed by atoms with Crippen molar-refractivity contribution in [2.24, 2.45) is 11.5 Å². The molecule has 0 fully saturated rings. The molecule has 0 aliphatic carbocycles. The molecule has 0 radical (unpaired) electrons. The van der Waals surface area contributed by atoms with Gasteiger partial charge in [0.25, 0.3) is 0 Å². The molecule has 2 aromatic carbocycles. The number of rotatable bonds is 4. The number of nitrogens with zero attached hydrogens (tertiary/aromatic N) is 3. The minimum Gasteiger partial charge on any atom is -0.506 e. The van der Waals surface area contributed by atoms with Crippen molar-refractivity contribution in [1.29, 1.82) is 10.8 Å². The van der Waals surface area contributed by atoms with Crippen LogP contribution in [-0.4, -0.2) is 31.8 Å². The van der Waals surface area contributed by atoms with E-state index in [1.54, 1.807) is 36.5 Å². The maximum Gasteiger partial charge on any atom is 0.141 e. The maximum atomic E-state index is 10.0. The van der Waals surface area contributed by atoms with E-state index in [1.807, 2.05) is 6.07 Å². The van der Waals surface area contributed by atoms with E-state index in [1.165, 1.54) is 10.7 Å². The average Bonchev–Trinajstić information content (AvgIpc) is 3.05. The first-order valence-electron chi connectivity index (χ1n) is 7.00. The second kappa shape index (κ2) is 5.84. The molecule has 0 aliphatic heterocycles. The molecule has 1 heterocycles. The van der Waals surface area contributed by atoms with Gasteiger partial charge >= 0.3 is 0 Å². The summed E-state index contributed by atoms with van der Waals surface area (Å²) in [7, 11) is 0. The van der Waals surface area contributed by atoms with Crippen molar-refractivity contribution in [2.75, 3.05) is 0 Å². The van der Waals surface area contributed by atoms with Crippen molar-refractivity contribution in [3.63, 3.8) is 0 Å². The highest BCUT2D eigenvalue weighted by atomic mass is 16.3. The summed E-state index contributed by atoms with van der Waals surface area (Å²) in [5, 5.41) is 33.1. The van der Waals surface area contributed by atoms with E-state index in [0.29, 0.717) is 22.5 Å². The Morgan fingerprint density at radius 1 is 1.00 bits per heavy atom. The third-order valence-electron chi connectivity index (χ3n) is 3.50. The number of phenols is 1. The highest BCUT2D eigenvalue weighted by Crippen LogP contribution is 2.24. The standard InChI is InChI=1S/C16H15N7O/c17-15(18)10-3-1-2-9(6-10)12-8-23(22-21-12)13-7-11(16(19)20)4-5-14(13)24/h1-8,24H,(H3,17,18)(H3,19,20). The van der Waals surface area contributed by atoms with Crippen LogP contribution in [0, 0.1) is 10.8 Å². The summed E-state index contributed by atoms with van der Waals surface area (Å²) in [5.74, 6) is -0.143. The molecule has 0 unspecified atom stereocenters. The van der Waals surface area contributed by atoms with E-state index in [2.05, 4.69) is 10.3 Å². The summed E-state index contributed by atoms with van der Waals surface area (Å²) in [6, 6.07) is 11.6. The van der Waals surface area contributed by atoms with Gasteiger partial charge in [0.15, 0.2) is 0 Å². The van der Waals surface area contributed by atoms with E-state index >= 15 is 0 Å². The number of nitrogen functional groups attached to an aromatic ring is 2. The van der Waals surface area contributed by atoms with Gasteiger partial charge in [-0.2, -0.15) is 0 Å². The fourth-order valence-electron chi connectivity index (χ4n) is 2.23. The molecule has 120 valence electrons. The molecule has 3 aromatic rings. The zero-order valence-electron chi connectivity index (χ0n) is 12.6. The topological polar surface area (TPSA) is 151 Å². The summed E-state index contributed by atoms with van der Waals surface area (Å²) >= 11 is 0. The summed E-state index contributed by atoms with van der Waals surface area (Å²) in [5.41, 5.74) is 13.7. The van der Waals surface area contributed by atoms with Gasteiger partial charge in [0.2, 0.25) is 0 Å². The molecule has 0 atom stereocenters. The average molecular weight is 321 g/mol. The smallest absolute Gasteiger partial charge is 0.141 e. The highest BCUT2D eigenvalue weighted by molar-refractivity contribution is 5.96. The molecule has 0 bridgehead atoms. The van der Waals surface area contributed by atoms with Crippen LogP contribution in [0.15, 0.2) is 48.7 Å². The van der Waals surface area contributed by atoms with Gasteiger partial charge in [0.1, 0.15) is 28.8 Å². The van der Waals surface area contributed by atoms with E-state index < -0.39 is 0 Å². The molecule has 8 heteroatoms. The van der Waals surface area contributed by atoms with Crippen LogP contribution in [-0.2, 0) is 0 Å². The van der Waals surface area contributed by atoms with Crippen LogP contribution < -0.4 is 11.5 Å². The van der Waals surface area contributed by atoms with Crippen LogP contribution in [0.4, 0.5) is 0 Å². The third kappa shape index (κ3) is 2.80. The van der Waals surface area contributed by atoms with Gasteiger partial charge in [-0.3, -0.25) is 10.8 Å². The summed E-state index contributed by atoms with van der Waals surface area (Å²) in [4.78, 5) is 0. The van der Waals surface area contributed by atoms with Crippen LogP contribution in [0.3, 0.4) is 0 Å². The lowest BCUT2D eigenvalue weighted by molar-refractivity contribution is 0.469. The number of benzene rings is 2. The van der Waals surface area contributed by atoms with Gasteiger partial charge in [-0.1, -0.05) is 23.4 Å². The molecule has 3 rings (SSSR count). The molecule has 1 aromatic heterocycles. The number of nitrogens with one attached hydrogen (secondary N) is 2. The van der Waals surface area contributed by atoms with Crippen LogP contribution in [0.25, 0.3) is 16.9 Å². The van der Waals surface area contributed by atoms with E-state index in [9.17, 15) is 5.11 Å². The second-order valence-corrected chi connectivity index (χ2v) is 5.16. The Labute approximate surface area is 137 Å². The van der Waals surface area contributed by atoms with Crippen molar-refractivity contribution in [3.05, 3.63) is 59.8 Å². The fourth-order valence-corrected chi connectivity index (χ4v) is 2.23. The number of nitrogens with two attached hydrogens (primary N) is 2. The van der Waals surface area contributed by atoms with Crippen LogP contribution in [0.1, 0.15) is 11.1 Å². The summed E-state index contributed by atoms with van der Waals surface area (Å²) < 4.78 is 1.40. The van der Waals surface area contributed by atoms with E-state index in [4.69, 9.17) is 22.3 Å². The fraction of sp³-hybridized carbons (Fsp3) is 0. The molecule has 0 amide bonds. The van der Waals surface area contributed by atoms with Crippen molar-refractivity contribution in [3.8, 4) is 22.7 Å². The predicted octanol–water partition coefficient (Wildman–Crippen LogP) is 1.21. The number of hydrogen-bond acceptors (Lipinski definition) is 5. The Hall–Kier alpha value is -3.68. The van der Waals surface area contributed by atoms with Crippen LogP contribution in [0.5, 0.6) is 5.75 Å². The van der Waals surface area contributed by atoms with Crippen molar-refractivity contribution in [2.45, 2.75) is 0 Å². The van der Waals surface area contributed by atoms with Crippen molar-refractivity contribution in [1.82, 2.24) is 15.0 Å². The number of aromatic hydroxyl groups is 1. The van der Waals surface area contributed by atoms with E-state index in [0.717, 1.165) is 5.56 Å². The zero-order valence-corrected chi connectivity index (χ0v) is 12.6. The lowest BCUT2D eigenvalue weighted by atomic mass is 10.1. The quantitative estimate of drug-likeness (QED) is 0.361. The predicted molar refractivity (Wildman–Crippen MR) is 90.5 cm³/mol. The van der Waals surface area contributed by atoms with E-state index in [-0.39, 0.29) is 17.4 Å². The Kier molecular flexibility index (Phi) is 3.70. The highest BCUT2D eigenvalue weighted by Gasteiger charge is 2.11. The Balaban J connectivity index is 2.03. The van der Waals surface area contributed by atoms with Crippen LogP contribution >= 0.6 is 0 Å². The molecule has 0 saturated heterocycles. The largest absolute Gasteiger partial charge is 0.506 e. The first-order chi connectivity index (χ1) is 11.5. The number of aromatic nitrogens is 3. The molecule has 0 spiro atoms. The van der Waals surface area contributed by atoms with Gasteiger partial charge in [-0.05, 0) is 24.3 Å². The Morgan fingerprint density at radius 3 is 2.42 bits per heavy atom. The molecule has 24 heavy (non-hydrogen) atoms. The van der Waals surface area contributed by atoms with Crippen molar-refractivity contribution >= 4 is 11.7 Å². The molecular weight excluding hydrogens is 306 g/mol. The van der Waals surface area contributed by atoms with Gasteiger partial charge in [0.05, 0.1) is 6.20 Å². The summed E-state index contributed by atoms with van der Waals surface area (Å²) in [6.07, 6.45) is 1.64. The molecule has 0 aliphatic rings. The van der Waals surface area contributed by atoms with Gasteiger partial charge in [0, 0.05) is 16.7 Å². The Bertz CT molecular complexity index is 945. The normalized spacial score (nSPS) is 10.5. The monoisotopic (exact) mass is 321 g/mol. The zero-order chi connectivity index (χ0) is 17.3. The first kappa shape index (κ1) is 15.2. The lowest BCUT2D eigenvalue weighted by Gasteiger charge is -2.06. The minimum atomic E-state index is -0.106. The third-order valence-corrected chi connectivity index (χ3v) is 3.50. The van der Waals surface area contributed by atoms with Crippen LogP contribution in [0.2, 0.25) is 0 Å². The Morgan fingerprint density at radius 2 is 1.71 bits per heavy atom. The minimum absolute atomic E-state index is 0.00561. The van der Waals surface area contributed by atoms with Gasteiger partial charge in [-0.25, -0.2) is 4.68 Å². The second-order valence-electron chi connectivity index (χ2n) is 5.16. The SMILES string of the molecule is N=C(N)c1cccc(-c2cn(-c3cc(C(=N)N)ccc3O)nn2)c1. The number of phenolic OH excluding ortho intramolecular Hbond substituents is 1. The number of hydrogen-bond donors (Lipinski definition) is 5. The molecule has 7 N–H and O–H groups in total. The first-order valence-corrected chi connectivity index (χ1v) is 7.00. The lowest BCUT2D eigenvalue weighted by Crippen LogP contribution is -2.11. The van der Waals surface area contributed by atoms with Gasteiger partial charge < -0.3 is 16.6 Å². The molecular formula is C16H15N7O. The summed E-state index contributed by atoms with van der Waals surface area (Å²) in [6.45, 7) is 0. The maximum absolute atomic E-state index is 10.0. The molecule has 0 saturated carbocycles. The van der Waals surface area contributed by atoms with Gasteiger partial charge in [-0.15, -0.1) is 5.10 Å².